The fourth-order valence-electron chi connectivity index (χ4n) is 1.55. The van der Waals surface area contributed by atoms with Crippen LogP contribution in [0, 0.1) is 11.3 Å². The summed E-state index contributed by atoms with van der Waals surface area (Å²) in [6.07, 6.45) is 0.896. The van der Waals surface area contributed by atoms with Crippen molar-refractivity contribution in [3.63, 3.8) is 0 Å². The highest BCUT2D eigenvalue weighted by atomic mass is 16.5. The number of hydrogen-bond donors (Lipinski definition) is 1. The lowest BCUT2D eigenvalue weighted by Gasteiger charge is -2.11. The van der Waals surface area contributed by atoms with Gasteiger partial charge in [0.1, 0.15) is 5.75 Å². The molecule has 19 heavy (non-hydrogen) atoms. The van der Waals surface area contributed by atoms with E-state index in [1.54, 1.807) is 26.4 Å². The van der Waals surface area contributed by atoms with Crippen LogP contribution in [0.4, 0.5) is 5.69 Å². The molecule has 0 bridgehead atoms. The van der Waals surface area contributed by atoms with Gasteiger partial charge in [-0.3, -0.25) is 0 Å². The SMILES string of the molecule is COCCOCCCNc1ccc(C#N)cc1OC. The van der Waals surface area contributed by atoms with E-state index in [4.69, 9.17) is 19.5 Å². The van der Waals surface area contributed by atoms with E-state index < -0.39 is 0 Å². The molecule has 0 spiro atoms. The Labute approximate surface area is 114 Å². The standard InChI is InChI=1S/C14H20N2O3/c1-17-8-9-19-7-3-6-16-13-5-4-12(11-15)10-14(13)18-2/h4-5,10,16H,3,6-9H2,1-2H3. The van der Waals surface area contributed by atoms with Crippen molar-refractivity contribution in [2.24, 2.45) is 0 Å². The molecule has 5 heteroatoms. The van der Waals surface area contributed by atoms with Gasteiger partial charge in [-0.05, 0) is 18.6 Å². The van der Waals surface area contributed by atoms with Crippen molar-refractivity contribution in [2.75, 3.05) is 45.9 Å². The van der Waals surface area contributed by atoms with E-state index in [1.165, 1.54) is 0 Å². The first kappa shape index (κ1) is 15.3. The van der Waals surface area contributed by atoms with Crippen molar-refractivity contribution in [3.05, 3.63) is 23.8 Å². The smallest absolute Gasteiger partial charge is 0.143 e. The maximum Gasteiger partial charge on any atom is 0.143 e. The summed E-state index contributed by atoms with van der Waals surface area (Å²) in [5.74, 6) is 0.680. The number of methoxy groups -OCH3 is 2. The second-order valence-corrected chi connectivity index (χ2v) is 3.91. The minimum Gasteiger partial charge on any atom is -0.495 e. The van der Waals surface area contributed by atoms with Crippen LogP contribution in [-0.2, 0) is 9.47 Å². The zero-order valence-electron chi connectivity index (χ0n) is 11.4. The Morgan fingerprint density at radius 2 is 2.05 bits per heavy atom. The minimum absolute atomic E-state index is 0.588. The summed E-state index contributed by atoms with van der Waals surface area (Å²) in [5, 5.41) is 12.1. The van der Waals surface area contributed by atoms with Gasteiger partial charge in [-0.2, -0.15) is 5.26 Å². The van der Waals surface area contributed by atoms with E-state index in [2.05, 4.69) is 11.4 Å². The van der Waals surface area contributed by atoms with Gasteiger partial charge in [-0.15, -0.1) is 0 Å². The monoisotopic (exact) mass is 264 g/mol. The van der Waals surface area contributed by atoms with Crippen molar-refractivity contribution in [3.8, 4) is 11.8 Å². The van der Waals surface area contributed by atoms with Crippen molar-refractivity contribution < 1.29 is 14.2 Å². The summed E-state index contributed by atoms with van der Waals surface area (Å²) < 4.78 is 15.5. The van der Waals surface area contributed by atoms with Gasteiger partial charge in [0.15, 0.2) is 0 Å². The average Bonchev–Trinajstić information content (AvgIpc) is 2.46. The van der Waals surface area contributed by atoms with Gasteiger partial charge in [0.25, 0.3) is 0 Å². The maximum atomic E-state index is 8.81. The molecule has 0 fully saturated rings. The molecular weight excluding hydrogens is 244 g/mol. The van der Waals surface area contributed by atoms with E-state index in [9.17, 15) is 0 Å². The summed E-state index contributed by atoms with van der Waals surface area (Å²) in [5.41, 5.74) is 1.48. The third-order valence-electron chi connectivity index (χ3n) is 2.54. The maximum absolute atomic E-state index is 8.81. The number of anilines is 1. The molecule has 0 radical (unpaired) electrons. The first-order valence-electron chi connectivity index (χ1n) is 6.20. The van der Waals surface area contributed by atoms with Gasteiger partial charge in [-0.1, -0.05) is 0 Å². The molecule has 1 rings (SSSR count). The van der Waals surface area contributed by atoms with E-state index in [-0.39, 0.29) is 0 Å². The molecule has 0 heterocycles. The largest absolute Gasteiger partial charge is 0.495 e. The predicted molar refractivity (Wildman–Crippen MR) is 73.5 cm³/mol. The highest BCUT2D eigenvalue weighted by Gasteiger charge is 2.03. The van der Waals surface area contributed by atoms with Crippen LogP contribution in [0.5, 0.6) is 5.75 Å². The summed E-state index contributed by atoms with van der Waals surface area (Å²) in [6, 6.07) is 7.42. The molecule has 1 aromatic carbocycles. The summed E-state index contributed by atoms with van der Waals surface area (Å²) in [6.45, 7) is 2.72. The molecule has 0 aliphatic carbocycles. The molecule has 1 N–H and O–H groups in total. The number of benzene rings is 1. The summed E-state index contributed by atoms with van der Waals surface area (Å²) in [7, 11) is 3.25. The van der Waals surface area contributed by atoms with E-state index in [1.807, 2.05) is 6.07 Å². The van der Waals surface area contributed by atoms with Gasteiger partial charge >= 0.3 is 0 Å². The molecule has 5 nitrogen and oxygen atoms in total. The lowest BCUT2D eigenvalue weighted by atomic mass is 10.2. The van der Waals surface area contributed by atoms with Crippen LogP contribution < -0.4 is 10.1 Å². The zero-order valence-corrected chi connectivity index (χ0v) is 11.4. The average molecular weight is 264 g/mol. The van der Waals surface area contributed by atoms with Gasteiger partial charge < -0.3 is 19.5 Å². The van der Waals surface area contributed by atoms with Crippen molar-refractivity contribution in [1.29, 1.82) is 5.26 Å². The lowest BCUT2D eigenvalue weighted by molar-refractivity contribution is 0.0705. The highest BCUT2D eigenvalue weighted by molar-refractivity contribution is 5.59. The van der Waals surface area contributed by atoms with Crippen LogP contribution in [0.1, 0.15) is 12.0 Å². The van der Waals surface area contributed by atoms with Crippen LogP contribution in [0.25, 0.3) is 0 Å². The normalized spacial score (nSPS) is 9.95. The van der Waals surface area contributed by atoms with Gasteiger partial charge in [0, 0.05) is 26.3 Å². The quantitative estimate of drug-likeness (QED) is 0.691. The molecule has 0 atom stereocenters. The van der Waals surface area contributed by atoms with Crippen LogP contribution in [0.3, 0.4) is 0 Å². The van der Waals surface area contributed by atoms with Gasteiger partial charge in [0.2, 0.25) is 0 Å². The van der Waals surface area contributed by atoms with Crippen LogP contribution in [0.2, 0.25) is 0 Å². The molecular formula is C14H20N2O3. The number of rotatable bonds is 9. The Balaban J connectivity index is 2.31. The van der Waals surface area contributed by atoms with Crippen LogP contribution >= 0.6 is 0 Å². The molecule has 0 unspecified atom stereocenters. The van der Waals surface area contributed by atoms with Crippen molar-refractivity contribution in [2.45, 2.75) is 6.42 Å². The number of nitriles is 1. The van der Waals surface area contributed by atoms with Crippen LogP contribution in [-0.4, -0.2) is 40.6 Å². The zero-order chi connectivity index (χ0) is 13.9. The fraction of sp³-hybridized carbons (Fsp3) is 0.500. The Kier molecular flexibility index (Phi) is 7.40. The number of ether oxygens (including phenoxy) is 3. The lowest BCUT2D eigenvalue weighted by Crippen LogP contribution is -2.09. The molecule has 0 amide bonds. The Hall–Kier alpha value is -1.77. The van der Waals surface area contributed by atoms with Crippen molar-refractivity contribution >= 4 is 5.69 Å². The van der Waals surface area contributed by atoms with Crippen molar-refractivity contribution in [1.82, 2.24) is 0 Å². The third kappa shape index (κ3) is 5.60. The molecule has 104 valence electrons. The number of nitrogens with zero attached hydrogens (tertiary/aromatic N) is 1. The Morgan fingerprint density at radius 1 is 1.21 bits per heavy atom. The Morgan fingerprint density at radius 3 is 2.74 bits per heavy atom. The predicted octanol–water partition coefficient (Wildman–Crippen LogP) is 2.03. The number of nitrogens with one attached hydrogen (secondary N) is 1. The summed E-state index contributed by atoms with van der Waals surface area (Å²) >= 11 is 0. The van der Waals surface area contributed by atoms with E-state index >= 15 is 0 Å². The minimum atomic E-state index is 0.588. The highest BCUT2D eigenvalue weighted by Crippen LogP contribution is 2.25. The van der Waals surface area contributed by atoms with Gasteiger partial charge in [0.05, 0.1) is 37.6 Å². The molecule has 0 aromatic heterocycles. The molecule has 0 aliphatic rings. The van der Waals surface area contributed by atoms with Crippen LogP contribution in [0.15, 0.2) is 18.2 Å². The first-order chi connectivity index (χ1) is 9.31. The van der Waals surface area contributed by atoms with E-state index in [0.717, 1.165) is 18.7 Å². The topological polar surface area (TPSA) is 63.5 Å². The summed E-state index contributed by atoms with van der Waals surface area (Å²) in [4.78, 5) is 0. The Bertz CT molecular complexity index is 416. The fourth-order valence-corrected chi connectivity index (χ4v) is 1.55. The second kappa shape index (κ2) is 9.20. The van der Waals surface area contributed by atoms with E-state index in [0.29, 0.717) is 31.1 Å². The molecule has 0 saturated carbocycles. The number of hydrogen-bond acceptors (Lipinski definition) is 5. The first-order valence-corrected chi connectivity index (χ1v) is 6.20. The third-order valence-corrected chi connectivity index (χ3v) is 2.54. The second-order valence-electron chi connectivity index (χ2n) is 3.91. The molecule has 1 aromatic rings. The van der Waals surface area contributed by atoms with Gasteiger partial charge in [-0.25, -0.2) is 0 Å². The molecule has 0 saturated heterocycles. The molecule has 0 aliphatic heterocycles.